The lowest BCUT2D eigenvalue weighted by Gasteiger charge is -2.31. The lowest BCUT2D eigenvalue weighted by Crippen LogP contribution is -2.37. The van der Waals surface area contributed by atoms with E-state index >= 15 is 0 Å². The normalized spacial score (nSPS) is 16.6. The van der Waals surface area contributed by atoms with E-state index in [4.69, 9.17) is 0 Å². The van der Waals surface area contributed by atoms with Crippen molar-refractivity contribution in [2.45, 2.75) is 76.4 Å². The molecule has 1 aliphatic carbocycles. The Morgan fingerprint density at radius 3 is 2.03 bits per heavy atom. The zero-order chi connectivity index (χ0) is 21.6. The summed E-state index contributed by atoms with van der Waals surface area (Å²) >= 11 is 0. The van der Waals surface area contributed by atoms with E-state index in [-0.39, 0.29) is 12.8 Å². The number of alkyl halides is 3. The second-order valence-corrected chi connectivity index (χ2v) is 8.65. The third-order valence-electron chi connectivity index (χ3n) is 6.59. The van der Waals surface area contributed by atoms with Gasteiger partial charge in [0.1, 0.15) is 0 Å². The number of rotatable bonds is 11. The number of hydrogen-bond donors (Lipinski definition) is 0. The molecule has 0 saturated heterocycles. The summed E-state index contributed by atoms with van der Waals surface area (Å²) in [6, 6.07) is 18.3. The van der Waals surface area contributed by atoms with Crippen LogP contribution in [0, 0.1) is 0 Å². The smallest absolute Gasteiger partial charge is 0.300 e. The highest BCUT2D eigenvalue weighted by Crippen LogP contribution is 2.58. The molecular weight excluding hydrogens is 383 g/mol. The first-order chi connectivity index (χ1) is 14.4. The highest BCUT2D eigenvalue weighted by molar-refractivity contribution is 5.35. The molecule has 0 N–H and O–H groups in total. The maximum atomic E-state index is 13.3. The molecule has 1 fully saturated rings. The maximum Gasteiger partial charge on any atom is 0.398 e. The van der Waals surface area contributed by atoms with Gasteiger partial charge in [-0.05, 0) is 68.2 Å². The third-order valence-corrected chi connectivity index (χ3v) is 6.59. The van der Waals surface area contributed by atoms with Crippen LogP contribution in [0.25, 0.3) is 0 Å². The Morgan fingerprint density at radius 1 is 0.867 bits per heavy atom. The molecule has 4 heteroatoms. The highest BCUT2D eigenvalue weighted by atomic mass is 19.4. The van der Waals surface area contributed by atoms with Crippen LogP contribution in [0.5, 0.6) is 0 Å². The number of nitrogens with zero attached hydrogens (tertiary/aromatic N) is 1. The second kappa shape index (κ2) is 10.00. The molecule has 0 radical (unpaired) electrons. The van der Waals surface area contributed by atoms with Gasteiger partial charge in [0.25, 0.3) is 0 Å². The molecule has 2 aromatic rings. The van der Waals surface area contributed by atoms with E-state index in [0.29, 0.717) is 11.6 Å². The van der Waals surface area contributed by atoms with Crippen LogP contribution < -0.4 is 0 Å². The molecule has 3 rings (SSSR count). The van der Waals surface area contributed by atoms with Crippen molar-refractivity contribution in [2.24, 2.45) is 0 Å². The molecule has 1 atom stereocenters. The van der Waals surface area contributed by atoms with Gasteiger partial charge < -0.3 is 4.90 Å². The van der Waals surface area contributed by atoms with Crippen LogP contribution in [0.3, 0.4) is 0 Å². The van der Waals surface area contributed by atoms with E-state index in [1.807, 2.05) is 18.2 Å². The molecule has 2 aromatic carbocycles. The number of aryl methyl sites for hydroxylation is 1. The van der Waals surface area contributed by atoms with E-state index in [1.54, 1.807) is 12.1 Å². The van der Waals surface area contributed by atoms with Gasteiger partial charge >= 0.3 is 6.18 Å². The van der Waals surface area contributed by atoms with E-state index in [9.17, 15) is 13.2 Å². The third kappa shape index (κ3) is 5.46. The van der Waals surface area contributed by atoms with E-state index in [2.05, 4.69) is 43.0 Å². The topological polar surface area (TPSA) is 3.24 Å². The lowest BCUT2D eigenvalue weighted by atomic mass is 9.93. The standard InChI is InChI=1S/C26H34F3N/c1-3-19-30(20-16-21-8-6-5-7-9-21)24(4-2)15-12-22-10-13-23(14-11-22)25(17-18-25)26(27,28)29/h5-11,13-14,24H,3-4,12,15-20H2,1-2H3. The van der Waals surface area contributed by atoms with Crippen molar-refractivity contribution < 1.29 is 13.2 Å². The Balaban J connectivity index is 1.57. The Bertz CT molecular complexity index is 763. The van der Waals surface area contributed by atoms with Crippen molar-refractivity contribution in [3.63, 3.8) is 0 Å². The number of halogens is 3. The minimum Gasteiger partial charge on any atom is -0.300 e. The fourth-order valence-electron chi connectivity index (χ4n) is 4.51. The molecule has 0 bridgehead atoms. The van der Waals surface area contributed by atoms with Crippen molar-refractivity contribution in [2.75, 3.05) is 13.1 Å². The Kier molecular flexibility index (Phi) is 7.62. The average molecular weight is 418 g/mol. The van der Waals surface area contributed by atoms with Gasteiger partial charge in [0.05, 0.1) is 5.41 Å². The Morgan fingerprint density at radius 2 is 1.50 bits per heavy atom. The second-order valence-electron chi connectivity index (χ2n) is 8.65. The largest absolute Gasteiger partial charge is 0.398 e. The molecule has 1 unspecified atom stereocenters. The first-order valence-electron chi connectivity index (χ1n) is 11.3. The fourth-order valence-corrected chi connectivity index (χ4v) is 4.51. The van der Waals surface area contributed by atoms with Crippen molar-refractivity contribution in [3.05, 3.63) is 71.3 Å². The van der Waals surface area contributed by atoms with Crippen LogP contribution in [-0.2, 0) is 18.3 Å². The lowest BCUT2D eigenvalue weighted by molar-refractivity contribution is -0.160. The SMILES string of the molecule is CCCN(CCc1ccccc1)C(CC)CCc1ccc(C2(C(F)(F)F)CC2)cc1. The van der Waals surface area contributed by atoms with E-state index in [1.165, 1.54) is 5.56 Å². The van der Waals surface area contributed by atoms with Crippen molar-refractivity contribution >= 4 is 0 Å². The molecule has 0 amide bonds. The monoisotopic (exact) mass is 417 g/mol. The van der Waals surface area contributed by atoms with Gasteiger partial charge in [-0.1, -0.05) is 68.4 Å². The van der Waals surface area contributed by atoms with Gasteiger partial charge in [-0.15, -0.1) is 0 Å². The first kappa shape index (κ1) is 22.9. The van der Waals surface area contributed by atoms with Crippen LogP contribution in [0.4, 0.5) is 13.2 Å². The summed E-state index contributed by atoms with van der Waals surface area (Å²) in [5.41, 5.74) is 1.35. The van der Waals surface area contributed by atoms with Crippen LogP contribution in [0.1, 0.15) is 62.6 Å². The molecule has 0 spiro atoms. The molecule has 0 aromatic heterocycles. The van der Waals surface area contributed by atoms with Gasteiger partial charge in [0.15, 0.2) is 0 Å². The van der Waals surface area contributed by atoms with Crippen LogP contribution >= 0.6 is 0 Å². The summed E-state index contributed by atoms with van der Waals surface area (Å²) in [4.78, 5) is 2.59. The quantitative estimate of drug-likeness (QED) is 0.382. The maximum absolute atomic E-state index is 13.3. The first-order valence-corrected chi connectivity index (χ1v) is 11.3. The Labute approximate surface area is 179 Å². The number of hydrogen-bond acceptors (Lipinski definition) is 1. The fraction of sp³-hybridized carbons (Fsp3) is 0.538. The number of benzene rings is 2. The zero-order valence-corrected chi connectivity index (χ0v) is 18.2. The highest BCUT2D eigenvalue weighted by Gasteiger charge is 2.64. The summed E-state index contributed by atoms with van der Waals surface area (Å²) in [5, 5.41) is 0. The minimum absolute atomic E-state index is 0.223. The molecule has 30 heavy (non-hydrogen) atoms. The van der Waals surface area contributed by atoms with Crippen molar-refractivity contribution in [3.8, 4) is 0 Å². The van der Waals surface area contributed by atoms with Crippen LogP contribution in [-0.4, -0.2) is 30.2 Å². The summed E-state index contributed by atoms with van der Waals surface area (Å²) in [6.07, 6.45) is 1.51. The average Bonchev–Trinajstić information content (AvgIpc) is 3.56. The molecule has 164 valence electrons. The van der Waals surface area contributed by atoms with Crippen molar-refractivity contribution in [1.82, 2.24) is 4.90 Å². The van der Waals surface area contributed by atoms with Gasteiger partial charge in [0, 0.05) is 12.6 Å². The zero-order valence-electron chi connectivity index (χ0n) is 18.2. The molecule has 0 heterocycles. The molecule has 1 nitrogen and oxygen atoms in total. The van der Waals surface area contributed by atoms with Crippen molar-refractivity contribution in [1.29, 1.82) is 0 Å². The summed E-state index contributed by atoms with van der Waals surface area (Å²) in [7, 11) is 0. The van der Waals surface area contributed by atoms with Gasteiger partial charge in [-0.3, -0.25) is 0 Å². The van der Waals surface area contributed by atoms with E-state index < -0.39 is 11.6 Å². The predicted molar refractivity (Wildman–Crippen MR) is 118 cm³/mol. The van der Waals surface area contributed by atoms with Gasteiger partial charge in [-0.25, -0.2) is 0 Å². The minimum atomic E-state index is -4.14. The summed E-state index contributed by atoms with van der Waals surface area (Å²) in [5.74, 6) is 0. The molecule has 1 aliphatic rings. The summed E-state index contributed by atoms with van der Waals surface area (Å²) < 4.78 is 40.0. The molecular formula is C26H34F3N. The van der Waals surface area contributed by atoms with Crippen LogP contribution in [0.2, 0.25) is 0 Å². The Hall–Kier alpha value is -1.81. The summed E-state index contributed by atoms with van der Waals surface area (Å²) in [6.45, 7) is 6.58. The predicted octanol–water partition coefficient (Wildman–Crippen LogP) is 6.95. The van der Waals surface area contributed by atoms with E-state index in [0.717, 1.165) is 50.8 Å². The molecule has 1 saturated carbocycles. The van der Waals surface area contributed by atoms with Gasteiger partial charge in [-0.2, -0.15) is 13.2 Å². The molecule has 0 aliphatic heterocycles. The van der Waals surface area contributed by atoms with Crippen LogP contribution in [0.15, 0.2) is 54.6 Å². The van der Waals surface area contributed by atoms with Gasteiger partial charge in [0.2, 0.25) is 0 Å².